The summed E-state index contributed by atoms with van der Waals surface area (Å²) in [5, 5.41) is 43.2. The minimum absolute atomic E-state index is 0.0751. The van der Waals surface area contributed by atoms with E-state index in [0.29, 0.717) is 5.75 Å². The SMILES string of the molecule is CCCCCCCCCCCCCCCCCCCCCCSC[C@H]1O[C@H](O[C@@H]2[C@@H](O)[C@H](O[C@H]3O[C@H](CN)[C@@H](O)C[C@H]3N)[C@@H](N)C[C@H]2N)[C@H](O)[C@@H](N)[C@@H]1O. The highest BCUT2D eigenvalue weighted by Crippen LogP contribution is 2.31. The fourth-order valence-corrected chi connectivity index (χ4v) is 9.16. The maximum absolute atomic E-state index is 11.4. The number of nitrogens with two attached hydrogens (primary N) is 5. The van der Waals surface area contributed by atoms with Gasteiger partial charge < -0.3 is 68.0 Å². The van der Waals surface area contributed by atoms with Gasteiger partial charge in [0, 0.05) is 24.4 Å². The Morgan fingerprint density at radius 3 is 1.46 bits per heavy atom. The van der Waals surface area contributed by atoms with Crippen LogP contribution in [0.5, 0.6) is 0 Å². The van der Waals surface area contributed by atoms with Crippen molar-refractivity contribution in [2.75, 3.05) is 18.1 Å². The molecule has 14 atom stereocenters. The molecule has 0 aromatic carbocycles. The van der Waals surface area contributed by atoms with Crippen molar-refractivity contribution in [2.45, 2.75) is 234 Å². The number of aliphatic hydroxyl groups is 4. The van der Waals surface area contributed by atoms with Crippen molar-refractivity contribution in [3.63, 3.8) is 0 Å². The van der Waals surface area contributed by atoms with Crippen molar-refractivity contribution in [2.24, 2.45) is 28.7 Å². The molecule has 0 aromatic rings. The lowest BCUT2D eigenvalue weighted by molar-refractivity contribution is -0.309. The molecule has 0 radical (unpaired) electrons. The number of hydrogen-bond donors (Lipinski definition) is 9. The summed E-state index contributed by atoms with van der Waals surface area (Å²) in [6.45, 7) is 2.35. The summed E-state index contributed by atoms with van der Waals surface area (Å²) in [5.74, 6) is 1.42. The number of aliphatic hydroxyl groups excluding tert-OH is 4. The van der Waals surface area contributed by atoms with Crippen molar-refractivity contribution >= 4 is 11.8 Å². The molecule has 14 N–H and O–H groups in total. The third-order valence-corrected chi connectivity index (χ3v) is 12.8. The molecular weight excluding hydrogens is 711 g/mol. The molecule has 2 heterocycles. The zero-order valence-corrected chi connectivity index (χ0v) is 34.3. The minimum atomic E-state index is -1.35. The van der Waals surface area contributed by atoms with E-state index in [2.05, 4.69) is 6.92 Å². The summed E-state index contributed by atoms with van der Waals surface area (Å²) in [6, 6.07) is -3.02. The number of unbranched alkanes of at least 4 members (excludes halogenated alkanes) is 19. The number of hydrogen-bond acceptors (Lipinski definition) is 14. The van der Waals surface area contributed by atoms with Crippen LogP contribution in [0, 0.1) is 0 Å². The van der Waals surface area contributed by atoms with Crippen LogP contribution in [0.25, 0.3) is 0 Å². The van der Waals surface area contributed by atoms with Crippen molar-refractivity contribution in [1.82, 2.24) is 0 Å². The number of ether oxygens (including phenoxy) is 4. The van der Waals surface area contributed by atoms with Gasteiger partial charge in [-0.2, -0.15) is 11.8 Å². The molecule has 0 aromatic heterocycles. The van der Waals surface area contributed by atoms with Crippen molar-refractivity contribution in [3.05, 3.63) is 0 Å². The molecule has 13 nitrogen and oxygen atoms in total. The van der Waals surface area contributed by atoms with Crippen molar-refractivity contribution < 1.29 is 39.4 Å². The van der Waals surface area contributed by atoms with Crippen LogP contribution in [0.4, 0.5) is 0 Å². The average Bonchev–Trinajstić information content (AvgIpc) is 3.15. The van der Waals surface area contributed by atoms with Crippen LogP contribution in [0.2, 0.25) is 0 Å². The van der Waals surface area contributed by atoms with Crippen molar-refractivity contribution in [3.8, 4) is 0 Å². The summed E-state index contributed by atoms with van der Waals surface area (Å²) in [4.78, 5) is 0. The van der Waals surface area contributed by atoms with Crippen LogP contribution in [-0.4, -0.2) is 124 Å². The van der Waals surface area contributed by atoms with Gasteiger partial charge in [-0.05, 0) is 25.0 Å². The molecule has 2 aliphatic heterocycles. The Balaban J connectivity index is 1.26. The lowest BCUT2D eigenvalue weighted by Gasteiger charge is -2.48. The highest BCUT2D eigenvalue weighted by Gasteiger charge is 2.50. The second kappa shape index (κ2) is 27.5. The molecule has 320 valence electrons. The molecule has 0 spiro atoms. The van der Waals surface area contributed by atoms with Crippen LogP contribution in [0.3, 0.4) is 0 Å². The van der Waals surface area contributed by atoms with Crippen LogP contribution in [-0.2, 0) is 18.9 Å². The van der Waals surface area contributed by atoms with E-state index in [1.54, 1.807) is 11.8 Å². The van der Waals surface area contributed by atoms with Crippen molar-refractivity contribution in [1.29, 1.82) is 0 Å². The van der Waals surface area contributed by atoms with E-state index in [1.165, 1.54) is 122 Å². The molecule has 0 unspecified atom stereocenters. The molecule has 14 heteroatoms. The fourth-order valence-electron chi connectivity index (χ4n) is 8.07. The summed E-state index contributed by atoms with van der Waals surface area (Å²) < 4.78 is 24.0. The van der Waals surface area contributed by atoms with E-state index < -0.39 is 85.6 Å². The molecule has 3 rings (SSSR count). The van der Waals surface area contributed by atoms with E-state index in [4.69, 9.17) is 47.6 Å². The van der Waals surface area contributed by atoms with E-state index in [0.717, 1.165) is 12.2 Å². The molecule has 0 bridgehead atoms. The Hall–Kier alpha value is -0.170. The summed E-state index contributed by atoms with van der Waals surface area (Å²) in [6.07, 6.45) is 17.5. The zero-order valence-electron chi connectivity index (χ0n) is 33.5. The first kappa shape index (κ1) is 48.2. The summed E-state index contributed by atoms with van der Waals surface area (Å²) >= 11 is 1.69. The molecule has 1 saturated carbocycles. The maximum atomic E-state index is 11.4. The van der Waals surface area contributed by atoms with Gasteiger partial charge in [-0.25, -0.2) is 0 Å². The van der Waals surface area contributed by atoms with Gasteiger partial charge in [0.2, 0.25) is 0 Å². The predicted molar refractivity (Wildman–Crippen MR) is 217 cm³/mol. The summed E-state index contributed by atoms with van der Waals surface area (Å²) in [5.41, 5.74) is 30.8. The van der Waals surface area contributed by atoms with Gasteiger partial charge in [-0.1, -0.05) is 129 Å². The molecule has 3 fully saturated rings. The monoisotopic (exact) mass is 792 g/mol. The van der Waals surface area contributed by atoms with Gasteiger partial charge in [-0.15, -0.1) is 0 Å². The molecular formula is C40H81N5O8S. The largest absolute Gasteiger partial charge is 0.390 e. The lowest BCUT2D eigenvalue weighted by Crippen LogP contribution is -2.68. The third kappa shape index (κ3) is 16.6. The smallest absolute Gasteiger partial charge is 0.186 e. The molecule has 54 heavy (non-hydrogen) atoms. The first-order chi connectivity index (χ1) is 26.1. The second-order valence-electron chi connectivity index (χ2n) is 16.4. The Labute approximate surface area is 330 Å². The average molecular weight is 792 g/mol. The topological polar surface area (TPSA) is 248 Å². The zero-order chi connectivity index (χ0) is 39.3. The fraction of sp³-hybridized carbons (Fsp3) is 1.00. The molecule has 1 aliphatic carbocycles. The van der Waals surface area contributed by atoms with Crippen LogP contribution in [0.15, 0.2) is 0 Å². The second-order valence-corrected chi connectivity index (χ2v) is 17.5. The Morgan fingerprint density at radius 1 is 0.537 bits per heavy atom. The van der Waals surface area contributed by atoms with Crippen LogP contribution >= 0.6 is 11.8 Å². The molecule has 3 aliphatic rings. The van der Waals surface area contributed by atoms with E-state index in [9.17, 15) is 20.4 Å². The van der Waals surface area contributed by atoms with Crippen LogP contribution in [0.1, 0.15) is 148 Å². The Morgan fingerprint density at radius 2 is 0.981 bits per heavy atom. The first-order valence-corrected chi connectivity index (χ1v) is 22.9. The molecule has 2 saturated heterocycles. The molecule has 0 amide bonds. The maximum Gasteiger partial charge on any atom is 0.186 e. The van der Waals surface area contributed by atoms with Gasteiger partial charge in [-0.3, -0.25) is 0 Å². The van der Waals surface area contributed by atoms with Gasteiger partial charge in [0.05, 0.1) is 36.5 Å². The number of thioether (sulfide) groups is 1. The normalized spacial score (nSPS) is 36.1. The highest BCUT2D eigenvalue weighted by molar-refractivity contribution is 7.99. The van der Waals surface area contributed by atoms with Crippen LogP contribution < -0.4 is 28.7 Å². The number of rotatable bonds is 28. The van der Waals surface area contributed by atoms with E-state index >= 15 is 0 Å². The Bertz CT molecular complexity index is 951. The van der Waals surface area contributed by atoms with Gasteiger partial charge in [0.15, 0.2) is 12.6 Å². The standard InChI is InChI=1S/C40H81N5O8S/c1-2-3-4-5-6-7-8-9-10-11-12-13-14-15-16-17-18-19-20-21-22-54-26-32-34(47)33(45)35(48)40(51-32)53-38-28(43)23-27(42)37(36(38)49)52-39-29(44)24-30(46)31(25-41)50-39/h27-40,46-49H,2-26,41-45H2,1H3/t27-,28+,29+,30-,31+,32+,33-,34+,35+,36-,37+,38-,39+,40+/m0/s1. The lowest BCUT2D eigenvalue weighted by atomic mass is 9.84. The van der Waals surface area contributed by atoms with E-state index in [1.807, 2.05) is 0 Å². The van der Waals surface area contributed by atoms with Gasteiger partial charge >= 0.3 is 0 Å². The van der Waals surface area contributed by atoms with E-state index in [-0.39, 0.29) is 19.4 Å². The quantitative estimate of drug-likeness (QED) is 0.0517. The van der Waals surface area contributed by atoms with Gasteiger partial charge in [0.1, 0.15) is 24.4 Å². The van der Waals surface area contributed by atoms with Gasteiger partial charge in [0.25, 0.3) is 0 Å². The predicted octanol–water partition coefficient (Wildman–Crippen LogP) is 3.27. The first-order valence-electron chi connectivity index (χ1n) is 21.7. The highest BCUT2D eigenvalue weighted by atomic mass is 32.2. The summed E-state index contributed by atoms with van der Waals surface area (Å²) in [7, 11) is 0. The Kier molecular flexibility index (Phi) is 24.6. The third-order valence-electron chi connectivity index (χ3n) is 11.7. The minimum Gasteiger partial charge on any atom is -0.390 e.